The summed E-state index contributed by atoms with van der Waals surface area (Å²) in [6.45, 7) is 5.44. The van der Waals surface area contributed by atoms with Crippen LogP contribution in [0.1, 0.15) is 119 Å². The minimum Gasteiger partial charge on any atom is -0.457 e. The molecule has 600 valence electrons. The molecule has 0 saturated carbocycles. The van der Waals surface area contributed by atoms with Crippen molar-refractivity contribution in [2.45, 2.75) is 71.0 Å². The Morgan fingerprint density at radius 1 is 0.387 bits per heavy atom. The third-order valence-electron chi connectivity index (χ3n) is 19.5. The second-order valence-electron chi connectivity index (χ2n) is 28.1. The number of rotatable bonds is 29. The molecular formula is C92H78ClN9O16S. The molecule has 0 spiro atoms. The topological polar surface area (TPSA) is 297 Å². The van der Waals surface area contributed by atoms with E-state index in [-0.39, 0.29) is 76.3 Å². The first-order chi connectivity index (χ1) is 57.3. The fourth-order valence-corrected chi connectivity index (χ4v) is 14.8. The number of benzene rings is 10. The number of hydrogen-bond donors (Lipinski definition) is 0. The molecular weight excluding hydrogens is 1550 g/mol. The summed E-state index contributed by atoms with van der Waals surface area (Å²) >= 11 is 8.48. The van der Waals surface area contributed by atoms with Gasteiger partial charge in [0.15, 0.2) is 23.0 Å². The lowest BCUT2D eigenvalue weighted by Gasteiger charge is -2.13. The first kappa shape index (κ1) is 82.7. The number of fused-ring (bicyclic) bond motifs is 7. The number of ether oxygens (including phenoxy) is 2. The number of esters is 2. The molecule has 3 heterocycles. The number of thioether (sulfide) groups is 1. The van der Waals surface area contributed by atoms with Gasteiger partial charge in [0, 0.05) is 176 Å². The third-order valence-corrected chi connectivity index (χ3v) is 20.8. The number of carbonyl (C=O) groups excluding carboxylic acids is 10. The molecule has 0 atom stereocenters. The van der Waals surface area contributed by atoms with E-state index < -0.39 is 60.5 Å². The Balaban J connectivity index is 0.805. The number of aryl methyl sites for hydroxylation is 1. The van der Waals surface area contributed by atoms with Crippen LogP contribution < -0.4 is 0 Å². The summed E-state index contributed by atoms with van der Waals surface area (Å²) in [7, 11) is 6.55. The Kier molecular flexibility index (Phi) is 25.5. The van der Waals surface area contributed by atoms with Crippen LogP contribution in [0.2, 0.25) is 5.02 Å². The number of aromatic nitrogens is 3. The molecule has 13 rings (SSSR count). The normalized spacial score (nSPS) is 11.9. The minimum atomic E-state index is -1.12. The van der Waals surface area contributed by atoms with E-state index in [2.05, 4.69) is 31.3 Å². The summed E-state index contributed by atoms with van der Waals surface area (Å²) in [4.78, 5) is 157. The van der Waals surface area contributed by atoms with Crippen molar-refractivity contribution in [3.8, 4) is 17.1 Å². The highest BCUT2D eigenvalue weighted by atomic mass is 35.5. The van der Waals surface area contributed by atoms with E-state index in [1.54, 1.807) is 173 Å². The van der Waals surface area contributed by atoms with Gasteiger partial charge in [-0.2, -0.15) is 0 Å². The van der Waals surface area contributed by atoms with Gasteiger partial charge in [0.25, 0.3) is 0 Å². The van der Waals surface area contributed by atoms with Crippen molar-refractivity contribution in [2.75, 3.05) is 41.4 Å². The van der Waals surface area contributed by atoms with Gasteiger partial charge in [-0.05, 0) is 163 Å². The number of halogens is 1. The van der Waals surface area contributed by atoms with E-state index in [9.17, 15) is 47.9 Å². The highest BCUT2D eigenvalue weighted by molar-refractivity contribution is 7.98. The Bertz CT molecular complexity index is 6360. The lowest BCUT2D eigenvalue weighted by molar-refractivity contribution is -0.145. The lowest BCUT2D eigenvalue weighted by atomic mass is 10.00. The van der Waals surface area contributed by atoms with Crippen LogP contribution in [0.15, 0.2) is 250 Å². The van der Waals surface area contributed by atoms with Crippen molar-refractivity contribution in [3.63, 3.8) is 0 Å². The fourth-order valence-electron chi connectivity index (χ4n) is 13.6. The number of para-hydroxylation sites is 1. The smallest absolute Gasteiger partial charge is 0.361 e. The van der Waals surface area contributed by atoms with Crippen molar-refractivity contribution >= 4 is 160 Å². The zero-order chi connectivity index (χ0) is 84.3. The van der Waals surface area contributed by atoms with E-state index >= 15 is 0 Å². The lowest BCUT2D eigenvalue weighted by Crippen LogP contribution is -2.25. The molecule has 0 fully saturated rings. The second kappa shape index (κ2) is 36.7. The Morgan fingerprint density at radius 3 is 1.23 bits per heavy atom. The SMILES string of the molecule is CC(=O)O/N=C(\CCC(=O)N(C)C)c1ccc(-n2c3ccc(C(=O)c4ccc(-n5cc(C)c6ccccc65)cc4)cc3c3cc(/C(=N\OC(C)=O)C(=O)OCCOC(=O)/C(=N/OC(C)=O)c4ccc5c(c4)c4cc(C(=O)c6ccc(SCc7ccccc7)cc6Cl)ccc4n5-c4ccc(/C(CCC(=O)N(C)C)=N/OC(C)=O)cc4)ccc32)cc1. The van der Waals surface area contributed by atoms with E-state index in [0.29, 0.717) is 94.4 Å². The van der Waals surface area contributed by atoms with Gasteiger partial charge >= 0.3 is 35.8 Å². The van der Waals surface area contributed by atoms with Crippen LogP contribution in [-0.2, 0) is 72.9 Å². The van der Waals surface area contributed by atoms with Crippen LogP contribution >= 0.6 is 23.4 Å². The molecule has 0 aliphatic heterocycles. The maximum Gasteiger partial charge on any atom is 0.361 e. The number of carbonyl (C=O) groups is 10. The molecule has 10 aromatic carbocycles. The van der Waals surface area contributed by atoms with Gasteiger partial charge in [-0.1, -0.05) is 117 Å². The summed E-state index contributed by atoms with van der Waals surface area (Å²) < 4.78 is 17.4. The number of ketones is 2. The van der Waals surface area contributed by atoms with Crippen molar-refractivity contribution in [3.05, 3.63) is 285 Å². The maximum atomic E-state index is 14.7. The second-order valence-corrected chi connectivity index (χ2v) is 29.6. The van der Waals surface area contributed by atoms with Gasteiger partial charge in [-0.25, -0.2) is 28.8 Å². The Labute approximate surface area is 691 Å². The van der Waals surface area contributed by atoms with Crippen LogP contribution in [0, 0.1) is 6.92 Å². The summed E-state index contributed by atoms with van der Waals surface area (Å²) in [6, 6.07) is 65.1. The molecule has 0 saturated heterocycles. The van der Waals surface area contributed by atoms with Crippen LogP contribution in [0.4, 0.5) is 0 Å². The maximum absolute atomic E-state index is 14.7. The summed E-state index contributed by atoms with van der Waals surface area (Å²) in [6.07, 6.45) is 2.51. The summed E-state index contributed by atoms with van der Waals surface area (Å²) in [5.41, 5.74) is 10.0. The molecule has 25 nitrogen and oxygen atoms in total. The molecule has 2 amide bonds. The molecule has 0 unspecified atom stereocenters. The van der Waals surface area contributed by atoms with E-state index in [4.69, 9.17) is 40.4 Å². The monoisotopic (exact) mass is 1630 g/mol. The van der Waals surface area contributed by atoms with E-state index in [1.807, 2.05) is 101 Å². The van der Waals surface area contributed by atoms with Crippen molar-refractivity contribution in [2.24, 2.45) is 20.6 Å². The average Bonchev–Trinajstić information content (AvgIpc) is 1.60. The average molecular weight is 1630 g/mol. The first-order valence-corrected chi connectivity index (χ1v) is 39.0. The molecule has 0 aliphatic carbocycles. The number of oxime groups is 4. The molecule has 0 aliphatic rings. The van der Waals surface area contributed by atoms with E-state index in [1.165, 1.54) is 23.6 Å². The largest absolute Gasteiger partial charge is 0.457 e. The van der Waals surface area contributed by atoms with Crippen LogP contribution in [-0.4, -0.2) is 147 Å². The van der Waals surface area contributed by atoms with Crippen molar-refractivity contribution in [1.82, 2.24) is 23.5 Å². The zero-order valence-corrected chi connectivity index (χ0v) is 67.7. The third kappa shape index (κ3) is 19.0. The van der Waals surface area contributed by atoms with Crippen LogP contribution in [0.25, 0.3) is 71.6 Å². The van der Waals surface area contributed by atoms with Gasteiger partial charge < -0.3 is 52.3 Å². The fraction of sp³-hybridized carbons (Fsp3) is 0.174. The zero-order valence-electron chi connectivity index (χ0n) is 66.2. The van der Waals surface area contributed by atoms with Gasteiger partial charge in [0.1, 0.15) is 13.2 Å². The minimum absolute atomic E-state index is 0.0782. The number of hydrogen-bond acceptors (Lipinski definition) is 21. The Morgan fingerprint density at radius 2 is 0.782 bits per heavy atom. The molecule has 0 radical (unpaired) electrons. The molecule has 27 heteroatoms. The molecule has 0 N–H and O–H groups in total. The quantitative estimate of drug-likeness (QED) is 0.00800. The van der Waals surface area contributed by atoms with E-state index in [0.717, 1.165) is 46.5 Å². The highest BCUT2D eigenvalue weighted by Crippen LogP contribution is 2.39. The molecule has 13 aromatic rings. The predicted molar refractivity (Wildman–Crippen MR) is 455 cm³/mol. The Hall–Kier alpha value is -14.2. The van der Waals surface area contributed by atoms with Gasteiger partial charge in [0.2, 0.25) is 11.8 Å². The summed E-state index contributed by atoms with van der Waals surface area (Å²) in [5, 5.41) is 19.6. The molecule has 3 aromatic heterocycles. The molecule has 0 bridgehead atoms. The molecule has 119 heavy (non-hydrogen) atoms. The van der Waals surface area contributed by atoms with Crippen molar-refractivity contribution < 1.29 is 76.8 Å². The number of nitrogens with zero attached hydrogens (tertiary/aromatic N) is 9. The van der Waals surface area contributed by atoms with Crippen LogP contribution in [0.5, 0.6) is 0 Å². The first-order valence-electron chi connectivity index (χ1n) is 37.6. The predicted octanol–water partition coefficient (Wildman–Crippen LogP) is 16.1. The number of amides is 2. The van der Waals surface area contributed by atoms with Gasteiger partial charge in [-0.15, -0.1) is 11.8 Å². The van der Waals surface area contributed by atoms with Crippen LogP contribution in [0.3, 0.4) is 0 Å². The van der Waals surface area contributed by atoms with Gasteiger partial charge in [0.05, 0.1) is 44.0 Å². The van der Waals surface area contributed by atoms with Gasteiger partial charge in [-0.3, -0.25) is 19.2 Å². The highest BCUT2D eigenvalue weighted by Gasteiger charge is 2.27. The standard InChI is InChI=1S/C92H78ClN9O16S/c1-54-52-100(80-18-14-13-17-71(54)80)67-29-23-62(24-30-67)89(109)65-27-41-83-75(49-65)73-47-63(25-39-81(73)101(83)68-31-19-60(20-32-68)78(94-115-55(2)103)37-43-85(107)98(6)7)87(96-117-57(4)105)91(111)113-45-46-114-92(112)88(97-118-58(5)106)64-26-40-82-74(48-64)76-50-66(90(110)72-36-35-70(51-77(72)93)119-53-59-15-11-10-12-16-59)28-42-84(76)102(82)69-33-21-61(22-34-69)79(95-116-56(3)104)38-44-86(108)99(8)9/h10-36,39-42,47-52H,37-38,43-46,53H2,1-9H3/b94-78+,95-79+,96-87+,97-88+. The summed E-state index contributed by atoms with van der Waals surface area (Å²) in [5.74, 6) is -5.60. The van der Waals surface area contributed by atoms with Crippen molar-refractivity contribution in [1.29, 1.82) is 0 Å².